The summed E-state index contributed by atoms with van der Waals surface area (Å²) in [7, 11) is 0. The number of benzene rings is 1. The van der Waals surface area contributed by atoms with Crippen LogP contribution in [0.5, 0.6) is 0 Å². The number of guanidine groups is 1. The van der Waals surface area contributed by atoms with Crippen molar-refractivity contribution in [1.29, 1.82) is 0 Å². The zero-order chi connectivity index (χ0) is 18.1. The van der Waals surface area contributed by atoms with Gasteiger partial charge >= 0.3 is 0 Å². The van der Waals surface area contributed by atoms with Gasteiger partial charge in [0.1, 0.15) is 5.82 Å². The van der Waals surface area contributed by atoms with E-state index in [9.17, 15) is 4.39 Å². The van der Waals surface area contributed by atoms with Crippen LogP contribution in [0.15, 0.2) is 41.7 Å². The van der Waals surface area contributed by atoms with Gasteiger partial charge in [-0.15, -0.1) is 0 Å². The molecule has 0 bridgehead atoms. The minimum atomic E-state index is -0.383. The first-order valence-corrected chi connectivity index (χ1v) is 9.05. The maximum atomic E-state index is 13.6. The Morgan fingerprint density at radius 1 is 1.19 bits per heavy atom. The molecule has 1 aliphatic heterocycles. The zero-order valence-electron chi connectivity index (χ0n) is 14.2. The Labute approximate surface area is 156 Å². The Morgan fingerprint density at radius 3 is 2.62 bits per heavy atom. The molecule has 4 rings (SSSR count). The molecule has 2 fully saturated rings. The fourth-order valence-corrected chi connectivity index (χ4v) is 3.38. The third-order valence-electron chi connectivity index (χ3n) is 4.87. The summed E-state index contributed by atoms with van der Waals surface area (Å²) in [6.07, 6.45) is 4.38. The van der Waals surface area contributed by atoms with Gasteiger partial charge < -0.3 is 15.5 Å². The number of aliphatic imine (C=N–C) groups is 1. The van der Waals surface area contributed by atoms with Gasteiger partial charge in [0.15, 0.2) is 5.96 Å². The third kappa shape index (κ3) is 3.58. The predicted octanol–water partition coefficient (Wildman–Crippen LogP) is 2.26. The lowest BCUT2D eigenvalue weighted by atomic mass is 10.1. The number of halogens is 2. The third-order valence-corrected chi connectivity index (χ3v) is 5.17. The molecule has 1 aromatic heterocycles. The monoisotopic (exact) mass is 374 g/mol. The molecule has 6 nitrogen and oxygen atoms in total. The summed E-state index contributed by atoms with van der Waals surface area (Å²) in [5.74, 6) is 1.14. The first kappa shape index (κ1) is 17.0. The highest BCUT2D eigenvalue weighted by molar-refractivity contribution is 6.30. The van der Waals surface area contributed by atoms with E-state index in [1.165, 1.54) is 6.07 Å². The number of nitrogens with zero attached hydrogens (tertiary/aromatic N) is 5. The van der Waals surface area contributed by atoms with Crippen LogP contribution in [0.2, 0.25) is 5.02 Å². The Kier molecular flexibility index (Phi) is 4.63. The highest BCUT2D eigenvalue weighted by Crippen LogP contribution is 2.44. The molecule has 0 unspecified atom stereocenters. The van der Waals surface area contributed by atoms with Crippen LogP contribution >= 0.6 is 11.6 Å². The second-order valence-corrected chi connectivity index (χ2v) is 7.00. The van der Waals surface area contributed by atoms with Crippen molar-refractivity contribution in [2.24, 2.45) is 10.7 Å². The number of hydrogen-bond acceptors (Lipinski definition) is 4. The summed E-state index contributed by atoms with van der Waals surface area (Å²) in [4.78, 5) is 17.4. The van der Waals surface area contributed by atoms with Crippen molar-refractivity contribution in [2.75, 3.05) is 31.1 Å². The molecule has 1 aliphatic carbocycles. The minimum Gasteiger partial charge on any atom is -0.370 e. The van der Waals surface area contributed by atoms with Gasteiger partial charge in [-0.25, -0.2) is 19.4 Å². The Morgan fingerprint density at radius 2 is 1.92 bits per heavy atom. The van der Waals surface area contributed by atoms with Crippen molar-refractivity contribution in [3.63, 3.8) is 0 Å². The highest BCUT2D eigenvalue weighted by Gasteiger charge is 2.39. The summed E-state index contributed by atoms with van der Waals surface area (Å²) in [6, 6.07) is 6.88. The maximum Gasteiger partial charge on any atom is 0.225 e. The van der Waals surface area contributed by atoms with Crippen LogP contribution in [0.4, 0.5) is 10.3 Å². The SMILES string of the molecule is NC(=N[C@@H]1C[C@H]1c1ccc(Cl)c(F)c1)N1CCN(c2ncccn2)CC1. The van der Waals surface area contributed by atoms with Crippen LogP contribution in [-0.4, -0.2) is 53.0 Å². The molecule has 2 N–H and O–H groups in total. The van der Waals surface area contributed by atoms with E-state index in [0.29, 0.717) is 5.96 Å². The fraction of sp³-hybridized carbons (Fsp3) is 0.389. The van der Waals surface area contributed by atoms with Crippen LogP contribution in [0, 0.1) is 5.82 Å². The summed E-state index contributed by atoms with van der Waals surface area (Å²) in [5.41, 5.74) is 7.13. The van der Waals surface area contributed by atoms with E-state index in [2.05, 4.69) is 24.8 Å². The van der Waals surface area contributed by atoms with Gasteiger partial charge in [0, 0.05) is 44.5 Å². The van der Waals surface area contributed by atoms with Crippen molar-refractivity contribution in [2.45, 2.75) is 18.4 Å². The Bertz CT molecular complexity index is 807. The fourth-order valence-electron chi connectivity index (χ4n) is 3.27. The molecule has 1 aromatic carbocycles. The maximum absolute atomic E-state index is 13.6. The van der Waals surface area contributed by atoms with Crippen molar-refractivity contribution in [3.8, 4) is 0 Å². The van der Waals surface area contributed by atoms with Crippen molar-refractivity contribution >= 4 is 23.5 Å². The average molecular weight is 375 g/mol. The van der Waals surface area contributed by atoms with Gasteiger partial charge in [0.25, 0.3) is 0 Å². The Balaban J connectivity index is 1.34. The average Bonchev–Trinajstić information content (AvgIpc) is 3.44. The largest absolute Gasteiger partial charge is 0.370 e. The number of piperazine rings is 1. The minimum absolute atomic E-state index is 0.117. The zero-order valence-corrected chi connectivity index (χ0v) is 15.0. The molecular weight excluding hydrogens is 355 g/mol. The number of hydrogen-bond donors (Lipinski definition) is 1. The predicted molar refractivity (Wildman–Crippen MR) is 100.0 cm³/mol. The second kappa shape index (κ2) is 7.07. The van der Waals surface area contributed by atoms with Crippen LogP contribution in [0.25, 0.3) is 0 Å². The lowest BCUT2D eigenvalue weighted by molar-refractivity contribution is 0.378. The van der Waals surface area contributed by atoms with Gasteiger partial charge in [-0.3, -0.25) is 0 Å². The Hall–Kier alpha value is -2.41. The van der Waals surface area contributed by atoms with Crippen molar-refractivity contribution in [3.05, 3.63) is 53.1 Å². The first-order valence-electron chi connectivity index (χ1n) is 8.67. The van der Waals surface area contributed by atoms with E-state index in [4.69, 9.17) is 17.3 Å². The standard InChI is InChI=1S/C18H20ClFN6/c19-14-3-2-12(10-15(14)20)13-11-16(13)24-17(21)25-6-8-26(9-7-25)18-22-4-1-5-23-18/h1-5,10,13,16H,6-9,11H2,(H2,21,24)/t13-,16+/m0/s1. The number of anilines is 1. The summed E-state index contributed by atoms with van der Waals surface area (Å²) >= 11 is 5.74. The first-order chi connectivity index (χ1) is 12.6. The highest BCUT2D eigenvalue weighted by atomic mass is 35.5. The molecule has 2 aliphatic rings. The molecule has 8 heteroatoms. The van der Waals surface area contributed by atoms with Crippen LogP contribution < -0.4 is 10.6 Å². The van der Waals surface area contributed by atoms with E-state index in [1.807, 2.05) is 12.1 Å². The molecule has 26 heavy (non-hydrogen) atoms. The molecule has 2 aromatic rings. The quantitative estimate of drug-likeness (QED) is 0.659. The number of nitrogens with two attached hydrogens (primary N) is 1. The van der Waals surface area contributed by atoms with Crippen LogP contribution in [0.3, 0.4) is 0 Å². The topological polar surface area (TPSA) is 70.6 Å². The molecule has 0 amide bonds. The van der Waals surface area contributed by atoms with Gasteiger partial charge in [-0.2, -0.15) is 0 Å². The van der Waals surface area contributed by atoms with Crippen molar-refractivity contribution < 1.29 is 4.39 Å². The van der Waals surface area contributed by atoms with Crippen LogP contribution in [0.1, 0.15) is 17.9 Å². The van der Waals surface area contributed by atoms with E-state index < -0.39 is 0 Å². The summed E-state index contributed by atoms with van der Waals surface area (Å²) in [5, 5.41) is 0.147. The smallest absolute Gasteiger partial charge is 0.225 e. The van der Waals surface area contributed by atoms with E-state index >= 15 is 0 Å². The molecule has 1 saturated heterocycles. The van der Waals surface area contributed by atoms with Crippen molar-refractivity contribution in [1.82, 2.24) is 14.9 Å². The molecule has 0 spiro atoms. The van der Waals surface area contributed by atoms with Gasteiger partial charge in [0.2, 0.25) is 5.95 Å². The molecular formula is C18H20ClFN6. The lowest BCUT2D eigenvalue weighted by Gasteiger charge is -2.35. The molecule has 0 radical (unpaired) electrons. The van der Waals surface area contributed by atoms with Gasteiger partial charge in [0.05, 0.1) is 11.1 Å². The number of aromatic nitrogens is 2. The molecule has 136 valence electrons. The molecule has 1 saturated carbocycles. The molecule has 2 atom stereocenters. The molecule has 2 heterocycles. The number of rotatable bonds is 3. The summed E-state index contributed by atoms with van der Waals surface area (Å²) < 4.78 is 13.6. The van der Waals surface area contributed by atoms with E-state index in [0.717, 1.165) is 44.1 Å². The second-order valence-electron chi connectivity index (χ2n) is 6.59. The van der Waals surface area contributed by atoms with E-state index in [-0.39, 0.29) is 22.8 Å². The van der Waals surface area contributed by atoms with E-state index in [1.54, 1.807) is 18.5 Å². The van der Waals surface area contributed by atoms with Gasteiger partial charge in [-0.1, -0.05) is 17.7 Å². The van der Waals surface area contributed by atoms with Crippen LogP contribution in [-0.2, 0) is 0 Å². The summed E-state index contributed by atoms with van der Waals surface area (Å²) in [6.45, 7) is 3.16. The normalized spacial score (nSPS) is 23.2. The van der Waals surface area contributed by atoms with Gasteiger partial charge in [-0.05, 0) is 30.2 Å². The lowest BCUT2D eigenvalue weighted by Crippen LogP contribution is -2.51.